The molecular weight excluding hydrogens is 228 g/mol. The summed E-state index contributed by atoms with van der Waals surface area (Å²) in [5.41, 5.74) is 2.36. The van der Waals surface area contributed by atoms with Crippen LogP contribution in [0.5, 0.6) is 0 Å². The van der Waals surface area contributed by atoms with Crippen molar-refractivity contribution in [3.8, 4) is 0 Å². The van der Waals surface area contributed by atoms with Crippen LogP contribution in [0.25, 0.3) is 0 Å². The molecule has 0 radical (unpaired) electrons. The second-order valence-corrected chi connectivity index (χ2v) is 5.55. The van der Waals surface area contributed by atoms with E-state index in [1.165, 1.54) is 16.1 Å². The van der Waals surface area contributed by atoms with E-state index in [2.05, 4.69) is 48.6 Å². The molecule has 2 aromatic heterocycles. The van der Waals surface area contributed by atoms with Crippen LogP contribution in [0.2, 0.25) is 0 Å². The van der Waals surface area contributed by atoms with Crippen LogP contribution in [0, 0.1) is 12.8 Å². The van der Waals surface area contributed by atoms with Gasteiger partial charge in [0.15, 0.2) is 0 Å². The van der Waals surface area contributed by atoms with Crippen molar-refractivity contribution in [2.24, 2.45) is 5.92 Å². The maximum absolute atomic E-state index is 4.12. The third kappa shape index (κ3) is 2.86. The van der Waals surface area contributed by atoms with Crippen molar-refractivity contribution in [2.75, 3.05) is 5.32 Å². The number of rotatable bonds is 4. The molecule has 0 spiro atoms. The minimum absolute atomic E-state index is 0.371. The van der Waals surface area contributed by atoms with Crippen LogP contribution in [0.15, 0.2) is 36.0 Å². The molecule has 90 valence electrons. The fourth-order valence-corrected chi connectivity index (χ4v) is 2.79. The molecule has 1 unspecified atom stereocenters. The van der Waals surface area contributed by atoms with Crippen molar-refractivity contribution in [3.05, 3.63) is 46.4 Å². The molecule has 1 N–H and O–H groups in total. The van der Waals surface area contributed by atoms with Gasteiger partial charge in [-0.25, -0.2) is 0 Å². The van der Waals surface area contributed by atoms with E-state index >= 15 is 0 Å². The summed E-state index contributed by atoms with van der Waals surface area (Å²) in [5, 5.41) is 5.75. The van der Waals surface area contributed by atoms with Gasteiger partial charge in [-0.15, -0.1) is 11.3 Å². The Balaban J connectivity index is 2.23. The molecule has 1 atom stereocenters. The Morgan fingerprint density at radius 1 is 1.29 bits per heavy atom. The van der Waals surface area contributed by atoms with Crippen LogP contribution in [0.1, 0.15) is 30.3 Å². The van der Waals surface area contributed by atoms with Crippen molar-refractivity contribution in [1.29, 1.82) is 0 Å². The number of hydrogen-bond donors (Lipinski definition) is 1. The lowest BCUT2D eigenvalue weighted by Crippen LogP contribution is -2.16. The zero-order chi connectivity index (χ0) is 12.3. The first-order chi connectivity index (χ1) is 8.18. The second-order valence-electron chi connectivity index (χ2n) is 4.57. The topological polar surface area (TPSA) is 24.9 Å². The van der Waals surface area contributed by atoms with Gasteiger partial charge in [0.1, 0.15) is 0 Å². The minimum atomic E-state index is 0.371. The maximum Gasteiger partial charge on any atom is 0.0629 e. The Morgan fingerprint density at radius 3 is 2.71 bits per heavy atom. The molecule has 0 aliphatic heterocycles. The second kappa shape index (κ2) is 5.32. The first kappa shape index (κ1) is 12.1. The molecule has 0 amide bonds. The minimum Gasteiger partial charge on any atom is -0.377 e. The summed E-state index contributed by atoms with van der Waals surface area (Å²) in [6, 6.07) is 6.71. The number of pyridine rings is 1. The van der Waals surface area contributed by atoms with Gasteiger partial charge in [-0.1, -0.05) is 19.9 Å². The predicted molar refractivity (Wildman–Crippen MR) is 74.5 cm³/mol. The fourth-order valence-electron chi connectivity index (χ4n) is 1.84. The molecule has 0 aliphatic rings. The van der Waals surface area contributed by atoms with Crippen molar-refractivity contribution < 1.29 is 0 Å². The molecule has 2 heterocycles. The lowest BCUT2D eigenvalue weighted by molar-refractivity contribution is 0.553. The summed E-state index contributed by atoms with van der Waals surface area (Å²) in [6.07, 6.45) is 3.73. The highest BCUT2D eigenvalue weighted by atomic mass is 32.1. The zero-order valence-electron chi connectivity index (χ0n) is 10.5. The molecule has 0 saturated carbocycles. The van der Waals surface area contributed by atoms with E-state index in [-0.39, 0.29) is 0 Å². The van der Waals surface area contributed by atoms with Gasteiger partial charge in [-0.05, 0) is 35.9 Å². The van der Waals surface area contributed by atoms with E-state index in [1.54, 1.807) is 11.3 Å². The van der Waals surface area contributed by atoms with Crippen LogP contribution >= 0.6 is 11.3 Å². The number of aryl methyl sites for hydroxylation is 1. The van der Waals surface area contributed by atoms with Gasteiger partial charge in [-0.3, -0.25) is 4.98 Å². The lowest BCUT2D eigenvalue weighted by atomic mass is 10.0. The van der Waals surface area contributed by atoms with Gasteiger partial charge >= 0.3 is 0 Å². The molecule has 0 saturated heterocycles. The highest BCUT2D eigenvalue weighted by molar-refractivity contribution is 7.10. The number of aromatic nitrogens is 1. The summed E-state index contributed by atoms with van der Waals surface area (Å²) >= 11 is 1.81. The standard InChI is InChI=1S/C14H18N2S/c1-10(2)14(13-5-4-8-17-13)16-12-6-7-15-9-11(12)3/h4-10,14H,1-3H3,(H,15,16). The predicted octanol–water partition coefficient (Wildman–Crippen LogP) is 4.26. The molecule has 3 heteroatoms. The molecular formula is C14H18N2S. The number of hydrogen-bond acceptors (Lipinski definition) is 3. The SMILES string of the molecule is Cc1cnccc1NC(c1cccs1)C(C)C. The quantitative estimate of drug-likeness (QED) is 0.872. The Hall–Kier alpha value is -1.35. The van der Waals surface area contributed by atoms with Crippen molar-refractivity contribution in [2.45, 2.75) is 26.8 Å². The van der Waals surface area contributed by atoms with E-state index < -0.39 is 0 Å². The molecule has 0 bridgehead atoms. The summed E-state index contributed by atoms with van der Waals surface area (Å²) < 4.78 is 0. The first-order valence-corrected chi connectivity index (χ1v) is 6.77. The van der Waals surface area contributed by atoms with Crippen molar-refractivity contribution in [3.63, 3.8) is 0 Å². The highest BCUT2D eigenvalue weighted by Crippen LogP contribution is 2.30. The lowest BCUT2D eigenvalue weighted by Gasteiger charge is -2.23. The highest BCUT2D eigenvalue weighted by Gasteiger charge is 2.17. The van der Waals surface area contributed by atoms with E-state index in [1.807, 2.05) is 18.5 Å². The third-order valence-corrected chi connectivity index (χ3v) is 3.80. The average molecular weight is 246 g/mol. The maximum atomic E-state index is 4.12. The number of nitrogens with zero attached hydrogens (tertiary/aromatic N) is 1. The van der Waals surface area contributed by atoms with E-state index in [0.29, 0.717) is 12.0 Å². The van der Waals surface area contributed by atoms with Crippen LogP contribution < -0.4 is 5.32 Å². The molecule has 2 nitrogen and oxygen atoms in total. The van der Waals surface area contributed by atoms with Crippen LogP contribution in [0.3, 0.4) is 0 Å². The average Bonchev–Trinajstić information content (AvgIpc) is 2.81. The molecule has 0 aromatic carbocycles. The fraction of sp³-hybridized carbons (Fsp3) is 0.357. The Morgan fingerprint density at radius 2 is 2.12 bits per heavy atom. The first-order valence-electron chi connectivity index (χ1n) is 5.89. The Kier molecular flexibility index (Phi) is 3.79. The summed E-state index contributed by atoms with van der Waals surface area (Å²) in [5.74, 6) is 0.557. The van der Waals surface area contributed by atoms with Gasteiger partial charge < -0.3 is 5.32 Å². The van der Waals surface area contributed by atoms with Gasteiger partial charge in [0.05, 0.1) is 6.04 Å². The van der Waals surface area contributed by atoms with Gasteiger partial charge in [-0.2, -0.15) is 0 Å². The van der Waals surface area contributed by atoms with E-state index in [4.69, 9.17) is 0 Å². The Labute approximate surface area is 107 Å². The normalized spacial score (nSPS) is 12.7. The van der Waals surface area contributed by atoms with Gasteiger partial charge in [0.25, 0.3) is 0 Å². The summed E-state index contributed by atoms with van der Waals surface area (Å²) in [4.78, 5) is 5.51. The van der Waals surface area contributed by atoms with Crippen LogP contribution in [-0.4, -0.2) is 4.98 Å². The largest absolute Gasteiger partial charge is 0.377 e. The van der Waals surface area contributed by atoms with Crippen LogP contribution in [0.4, 0.5) is 5.69 Å². The smallest absolute Gasteiger partial charge is 0.0629 e. The van der Waals surface area contributed by atoms with Crippen molar-refractivity contribution >= 4 is 17.0 Å². The number of nitrogens with one attached hydrogen (secondary N) is 1. The molecule has 0 fully saturated rings. The number of anilines is 1. The van der Waals surface area contributed by atoms with E-state index in [9.17, 15) is 0 Å². The molecule has 17 heavy (non-hydrogen) atoms. The van der Waals surface area contributed by atoms with Crippen LogP contribution in [-0.2, 0) is 0 Å². The molecule has 0 aliphatic carbocycles. The summed E-state index contributed by atoms with van der Waals surface area (Å²) in [7, 11) is 0. The monoisotopic (exact) mass is 246 g/mol. The number of thiophene rings is 1. The molecule has 2 aromatic rings. The van der Waals surface area contributed by atoms with Gasteiger partial charge in [0, 0.05) is 23.0 Å². The Bertz CT molecular complexity index is 463. The third-order valence-electron chi connectivity index (χ3n) is 2.85. The van der Waals surface area contributed by atoms with Gasteiger partial charge in [0.2, 0.25) is 0 Å². The van der Waals surface area contributed by atoms with E-state index in [0.717, 1.165) is 0 Å². The molecule has 2 rings (SSSR count). The van der Waals surface area contributed by atoms with Crippen molar-refractivity contribution in [1.82, 2.24) is 4.98 Å². The summed E-state index contributed by atoms with van der Waals surface area (Å²) in [6.45, 7) is 6.57. The zero-order valence-corrected chi connectivity index (χ0v) is 11.3.